The lowest BCUT2D eigenvalue weighted by Gasteiger charge is -2.32. The first-order valence-electron chi connectivity index (χ1n) is 9.41. The molecule has 2 aromatic heterocycles. The molecule has 2 aliphatic rings. The summed E-state index contributed by atoms with van der Waals surface area (Å²) in [4.78, 5) is 18.2. The van der Waals surface area contributed by atoms with Gasteiger partial charge in [0.1, 0.15) is 5.82 Å². The van der Waals surface area contributed by atoms with Crippen LogP contribution in [0.5, 0.6) is 0 Å². The van der Waals surface area contributed by atoms with Crippen LogP contribution in [0, 0.1) is 0 Å². The Morgan fingerprint density at radius 2 is 1.85 bits per heavy atom. The lowest BCUT2D eigenvalue weighted by atomic mass is 10.0. The minimum atomic E-state index is 0.461. The molecule has 0 unspecified atom stereocenters. The Kier molecular flexibility index (Phi) is 5.56. The Balaban J connectivity index is 1.29. The molecule has 2 aliphatic heterocycles. The third-order valence-corrected chi connectivity index (χ3v) is 4.99. The number of ether oxygens (including phenoxy) is 1. The van der Waals surface area contributed by atoms with Crippen molar-refractivity contribution in [1.29, 1.82) is 0 Å². The van der Waals surface area contributed by atoms with Crippen LogP contribution >= 0.6 is 0 Å². The summed E-state index contributed by atoms with van der Waals surface area (Å²) in [5.41, 5.74) is 1.14. The molecule has 0 saturated carbocycles. The Morgan fingerprint density at radius 1 is 1.00 bits per heavy atom. The number of pyridine rings is 1. The van der Waals surface area contributed by atoms with Gasteiger partial charge in [0, 0.05) is 51.2 Å². The monoisotopic (exact) mass is 354 g/mol. The largest absolute Gasteiger partial charge is 0.378 e. The van der Waals surface area contributed by atoms with Gasteiger partial charge in [-0.25, -0.2) is 4.98 Å². The third kappa shape index (κ3) is 4.47. The molecule has 0 radical (unpaired) electrons. The first-order chi connectivity index (χ1) is 12.9. The number of piperidine rings is 1. The van der Waals surface area contributed by atoms with Crippen molar-refractivity contribution in [1.82, 2.24) is 19.9 Å². The summed E-state index contributed by atoms with van der Waals surface area (Å²) in [5.74, 6) is 1.72. The maximum absolute atomic E-state index is 5.40. The highest BCUT2D eigenvalue weighted by Gasteiger charge is 2.20. The number of nitrogens with one attached hydrogen (secondary N) is 1. The fourth-order valence-corrected chi connectivity index (χ4v) is 3.51. The molecule has 4 heterocycles. The molecule has 2 saturated heterocycles. The van der Waals surface area contributed by atoms with Gasteiger partial charge in [-0.2, -0.15) is 4.98 Å². The van der Waals surface area contributed by atoms with E-state index in [1.54, 1.807) is 0 Å². The van der Waals surface area contributed by atoms with E-state index in [9.17, 15) is 0 Å². The molecule has 0 aromatic carbocycles. The average molecular weight is 354 g/mol. The average Bonchev–Trinajstić information content (AvgIpc) is 2.71. The quantitative estimate of drug-likeness (QED) is 0.878. The smallest absolute Gasteiger partial charge is 0.227 e. The molecular weight excluding hydrogens is 328 g/mol. The summed E-state index contributed by atoms with van der Waals surface area (Å²) in [7, 11) is 0. The fraction of sp³-hybridized carbons (Fsp3) is 0.526. The molecule has 2 fully saturated rings. The number of hydrogen-bond donors (Lipinski definition) is 1. The Morgan fingerprint density at radius 3 is 2.62 bits per heavy atom. The minimum Gasteiger partial charge on any atom is -0.378 e. The molecule has 2 aromatic rings. The number of nitrogens with zero attached hydrogens (tertiary/aromatic N) is 5. The number of rotatable bonds is 5. The van der Waals surface area contributed by atoms with Crippen molar-refractivity contribution in [2.45, 2.75) is 25.4 Å². The summed E-state index contributed by atoms with van der Waals surface area (Å²) in [6.45, 7) is 6.30. The molecule has 0 amide bonds. The SMILES string of the molecule is c1ccc(CN2CCC(Nc3ccnc(N4CCOCC4)n3)CC2)nc1. The van der Waals surface area contributed by atoms with Gasteiger partial charge in [0.25, 0.3) is 0 Å². The number of morpholine rings is 1. The lowest BCUT2D eigenvalue weighted by molar-refractivity contribution is 0.122. The maximum atomic E-state index is 5.40. The second-order valence-corrected chi connectivity index (χ2v) is 6.86. The van der Waals surface area contributed by atoms with Crippen molar-refractivity contribution < 1.29 is 4.74 Å². The van der Waals surface area contributed by atoms with Crippen LogP contribution in [0.1, 0.15) is 18.5 Å². The number of anilines is 2. The summed E-state index contributed by atoms with van der Waals surface area (Å²) >= 11 is 0. The van der Waals surface area contributed by atoms with Gasteiger partial charge in [-0.15, -0.1) is 0 Å². The molecule has 138 valence electrons. The summed E-state index contributed by atoms with van der Waals surface area (Å²) in [6, 6.07) is 8.54. The summed E-state index contributed by atoms with van der Waals surface area (Å²) < 4.78 is 5.40. The van der Waals surface area contributed by atoms with E-state index < -0.39 is 0 Å². The highest BCUT2D eigenvalue weighted by atomic mass is 16.5. The van der Waals surface area contributed by atoms with E-state index in [1.165, 1.54) is 0 Å². The van der Waals surface area contributed by atoms with Crippen LogP contribution in [-0.4, -0.2) is 65.3 Å². The third-order valence-electron chi connectivity index (χ3n) is 4.99. The highest BCUT2D eigenvalue weighted by molar-refractivity contribution is 5.42. The summed E-state index contributed by atoms with van der Waals surface area (Å²) in [5, 5.41) is 3.59. The first-order valence-corrected chi connectivity index (χ1v) is 9.41. The van der Waals surface area contributed by atoms with Crippen molar-refractivity contribution in [3.63, 3.8) is 0 Å². The normalized spacial score (nSPS) is 19.5. The van der Waals surface area contributed by atoms with Gasteiger partial charge in [0.15, 0.2) is 0 Å². The molecule has 0 atom stereocenters. The van der Waals surface area contributed by atoms with E-state index in [2.05, 4.69) is 37.2 Å². The van der Waals surface area contributed by atoms with Crippen LogP contribution in [-0.2, 0) is 11.3 Å². The van der Waals surface area contributed by atoms with Crippen LogP contribution < -0.4 is 10.2 Å². The standard InChI is InChI=1S/C19H26N6O/c1-2-7-20-17(3-1)15-24-9-5-16(6-10-24)22-18-4-8-21-19(23-18)25-11-13-26-14-12-25/h1-4,7-8,16H,5-6,9-15H2,(H,21,22,23). The predicted molar refractivity (Wildman–Crippen MR) is 101 cm³/mol. The topological polar surface area (TPSA) is 66.4 Å². The maximum Gasteiger partial charge on any atom is 0.227 e. The molecule has 0 spiro atoms. The molecular formula is C19H26N6O. The van der Waals surface area contributed by atoms with E-state index in [4.69, 9.17) is 9.72 Å². The summed E-state index contributed by atoms with van der Waals surface area (Å²) in [6.07, 6.45) is 5.94. The molecule has 26 heavy (non-hydrogen) atoms. The van der Waals surface area contributed by atoms with Crippen molar-refractivity contribution >= 4 is 11.8 Å². The van der Waals surface area contributed by atoms with Crippen LogP contribution in [0.2, 0.25) is 0 Å². The molecule has 0 bridgehead atoms. The Labute approximate surface area is 154 Å². The molecule has 7 nitrogen and oxygen atoms in total. The fourth-order valence-electron chi connectivity index (χ4n) is 3.51. The number of aromatic nitrogens is 3. The molecule has 1 N–H and O–H groups in total. The predicted octanol–water partition coefficient (Wildman–Crippen LogP) is 1.78. The zero-order valence-corrected chi connectivity index (χ0v) is 15.0. The second kappa shape index (κ2) is 8.42. The Hall–Kier alpha value is -2.25. The van der Waals surface area contributed by atoms with Crippen molar-refractivity contribution in [3.8, 4) is 0 Å². The van der Waals surface area contributed by atoms with E-state index in [-0.39, 0.29) is 0 Å². The van der Waals surface area contributed by atoms with Crippen molar-refractivity contribution in [2.75, 3.05) is 49.6 Å². The van der Waals surface area contributed by atoms with Gasteiger partial charge < -0.3 is 15.0 Å². The molecule has 7 heteroatoms. The van der Waals surface area contributed by atoms with E-state index in [0.29, 0.717) is 6.04 Å². The van der Waals surface area contributed by atoms with Crippen molar-refractivity contribution in [3.05, 3.63) is 42.4 Å². The van der Waals surface area contributed by atoms with Gasteiger partial charge in [0.05, 0.1) is 18.9 Å². The van der Waals surface area contributed by atoms with Crippen LogP contribution in [0.4, 0.5) is 11.8 Å². The first kappa shape index (κ1) is 17.2. The molecule has 4 rings (SSSR count). The zero-order valence-electron chi connectivity index (χ0n) is 15.0. The zero-order chi connectivity index (χ0) is 17.6. The van der Waals surface area contributed by atoms with Gasteiger partial charge in [-0.3, -0.25) is 9.88 Å². The number of hydrogen-bond acceptors (Lipinski definition) is 7. The number of likely N-dealkylation sites (tertiary alicyclic amines) is 1. The van der Waals surface area contributed by atoms with Gasteiger partial charge in [-0.1, -0.05) is 6.07 Å². The van der Waals surface area contributed by atoms with Gasteiger partial charge in [0.2, 0.25) is 5.95 Å². The van der Waals surface area contributed by atoms with E-state index in [1.807, 2.05) is 24.5 Å². The van der Waals surface area contributed by atoms with Gasteiger partial charge in [-0.05, 0) is 31.0 Å². The van der Waals surface area contributed by atoms with E-state index >= 15 is 0 Å². The van der Waals surface area contributed by atoms with Crippen molar-refractivity contribution in [2.24, 2.45) is 0 Å². The highest BCUT2D eigenvalue weighted by Crippen LogP contribution is 2.18. The second-order valence-electron chi connectivity index (χ2n) is 6.86. The van der Waals surface area contributed by atoms with E-state index in [0.717, 1.165) is 76.2 Å². The Bertz CT molecular complexity index is 683. The minimum absolute atomic E-state index is 0.461. The van der Waals surface area contributed by atoms with Crippen LogP contribution in [0.25, 0.3) is 0 Å². The lowest BCUT2D eigenvalue weighted by Crippen LogP contribution is -2.39. The van der Waals surface area contributed by atoms with Crippen LogP contribution in [0.15, 0.2) is 36.7 Å². The van der Waals surface area contributed by atoms with Gasteiger partial charge >= 0.3 is 0 Å². The molecule has 0 aliphatic carbocycles. The van der Waals surface area contributed by atoms with Crippen LogP contribution in [0.3, 0.4) is 0 Å².